The Morgan fingerprint density at radius 1 is 1.78 bits per heavy atom. The summed E-state index contributed by atoms with van der Waals surface area (Å²) in [6, 6.07) is 0. The van der Waals surface area contributed by atoms with Crippen molar-refractivity contribution in [3.05, 3.63) is 0 Å². The van der Waals surface area contributed by atoms with Crippen LogP contribution in [-0.2, 0) is 0 Å². The second-order valence-corrected chi connectivity index (χ2v) is 2.34. The van der Waals surface area contributed by atoms with Crippen LogP contribution < -0.4 is 5.32 Å². The molecule has 3 heteroatoms. The Hall–Kier alpha value is -0.240. The molecule has 1 heterocycles. The zero-order valence-corrected chi connectivity index (χ0v) is 6.42. The predicted octanol–water partition coefficient (Wildman–Crippen LogP) is 1.40. The molecule has 0 radical (unpaired) electrons. The van der Waals surface area contributed by atoms with E-state index in [9.17, 15) is 0 Å². The van der Waals surface area contributed by atoms with Crippen molar-refractivity contribution in [3.8, 4) is 0 Å². The zero-order chi connectivity index (χ0) is 5.98. The van der Waals surface area contributed by atoms with Crippen LogP contribution in [-0.4, -0.2) is 12.4 Å². The predicted molar refractivity (Wildman–Crippen MR) is 41.4 cm³/mol. The molecule has 54 valence electrons. The van der Waals surface area contributed by atoms with E-state index < -0.39 is 0 Å². The average molecular weight is 149 g/mol. The number of nitrogens with one attached hydrogen (secondary N) is 2. The maximum atomic E-state index is 7.17. The highest BCUT2D eigenvalue weighted by Gasteiger charge is 2.15. The molecule has 1 rings (SSSR count). The van der Waals surface area contributed by atoms with Crippen molar-refractivity contribution in [1.82, 2.24) is 5.32 Å². The Labute approximate surface area is 61.9 Å². The first kappa shape index (κ1) is 8.76. The van der Waals surface area contributed by atoms with Gasteiger partial charge in [-0.25, -0.2) is 0 Å². The Morgan fingerprint density at radius 2 is 2.44 bits per heavy atom. The van der Waals surface area contributed by atoms with Crippen LogP contribution in [0.1, 0.15) is 19.8 Å². The van der Waals surface area contributed by atoms with Gasteiger partial charge in [-0.05, 0) is 5.92 Å². The maximum Gasteiger partial charge on any atom is 0.0935 e. The van der Waals surface area contributed by atoms with Gasteiger partial charge < -0.3 is 5.32 Å². The summed E-state index contributed by atoms with van der Waals surface area (Å²) in [6.07, 6.45) is 2.17. The van der Waals surface area contributed by atoms with Gasteiger partial charge in [0.05, 0.1) is 5.84 Å². The van der Waals surface area contributed by atoms with Gasteiger partial charge in [0.1, 0.15) is 0 Å². The summed E-state index contributed by atoms with van der Waals surface area (Å²) >= 11 is 0. The molecular weight excluding hydrogens is 136 g/mol. The summed E-state index contributed by atoms with van der Waals surface area (Å²) in [5.74, 6) is 1.46. The lowest BCUT2D eigenvalue weighted by Gasteiger charge is -1.97. The molecule has 0 saturated carbocycles. The van der Waals surface area contributed by atoms with Gasteiger partial charge in [0.15, 0.2) is 0 Å². The Balaban J connectivity index is 0.000000640. The van der Waals surface area contributed by atoms with Crippen molar-refractivity contribution in [1.29, 1.82) is 5.41 Å². The van der Waals surface area contributed by atoms with Crippen LogP contribution in [0.15, 0.2) is 0 Å². The van der Waals surface area contributed by atoms with Gasteiger partial charge in [0.2, 0.25) is 0 Å². The quantitative estimate of drug-likeness (QED) is 0.580. The summed E-state index contributed by atoms with van der Waals surface area (Å²) in [7, 11) is 0. The Kier molecular flexibility index (Phi) is 3.62. The lowest BCUT2D eigenvalue weighted by atomic mass is 10.1. The number of hydrogen-bond acceptors (Lipinski definition) is 1. The van der Waals surface area contributed by atoms with E-state index in [1.54, 1.807) is 0 Å². The minimum Gasteiger partial charge on any atom is -0.374 e. The van der Waals surface area contributed by atoms with Gasteiger partial charge in [0, 0.05) is 13.0 Å². The molecule has 1 fully saturated rings. The van der Waals surface area contributed by atoms with Gasteiger partial charge in [-0.2, -0.15) is 0 Å². The fourth-order valence-corrected chi connectivity index (χ4v) is 0.989. The van der Waals surface area contributed by atoms with Crippen LogP contribution in [0.4, 0.5) is 0 Å². The molecule has 0 aromatic heterocycles. The zero-order valence-electron chi connectivity index (χ0n) is 5.61. The van der Waals surface area contributed by atoms with Gasteiger partial charge in [-0.3, -0.25) is 5.41 Å². The molecule has 2 nitrogen and oxygen atoms in total. The summed E-state index contributed by atoms with van der Waals surface area (Å²) in [5, 5.41) is 10.2. The molecule has 0 spiro atoms. The van der Waals surface area contributed by atoms with E-state index in [4.69, 9.17) is 5.41 Å². The molecule has 9 heavy (non-hydrogen) atoms. The third-order valence-electron chi connectivity index (χ3n) is 1.67. The molecular formula is C6H13ClN2. The molecule has 0 bridgehead atoms. The average Bonchev–Trinajstić information content (AvgIpc) is 2.14. The minimum absolute atomic E-state index is 0. The molecule has 1 saturated heterocycles. The van der Waals surface area contributed by atoms with Gasteiger partial charge >= 0.3 is 0 Å². The third kappa shape index (κ3) is 2.22. The van der Waals surface area contributed by atoms with Crippen LogP contribution in [0, 0.1) is 11.3 Å². The highest BCUT2D eigenvalue weighted by atomic mass is 35.5. The van der Waals surface area contributed by atoms with Crippen LogP contribution in [0.3, 0.4) is 0 Å². The van der Waals surface area contributed by atoms with E-state index >= 15 is 0 Å². The summed E-state index contributed by atoms with van der Waals surface area (Å²) < 4.78 is 0. The Morgan fingerprint density at radius 3 is 2.67 bits per heavy atom. The molecule has 1 atom stereocenters. The fourth-order valence-electron chi connectivity index (χ4n) is 0.989. The molecule has 0 aliphatic carbocycles. The summed E-state index contributed by atoms with van der Waals surface area (Å²) in [4.78, 5) is 0. The van der Waals surface area contributed by atoms with E-state index in [1.807, 2.05) is 0 Å². The lowest BCUT2D eigenvalue weighted by Crippen LogP contribution is -2.12. The van der Waals surface area contributed by atoms with Crippen LogP contribution in [0.2, 0.25) is 0 Å². The highest BCUT2D eigenvalue weighted by Crippen LogP contribution is 2.11. The molecule has 2 N–H and O–H groups in total. The van der Waals surface area contributed by atoms with E-state index in [-0.39, 0.29) is 12.4 Å². The number of amidine groups is 1. The monoisotopic (exact) mass is 148 g/mol. The van der Waals surface area contributed by atoms with Crippen LogP contribution in [0.25, 0.3) is 0 Å². The molecule has 0 aromatic carbocycles. The first-order valence-corrected chi connectivity index (χ1v) is 3.14. The smallest absolute Gasteiger partial charge is 0.0935 e. The number of rotatable bonds is 1. The first-order chi connectivity index (χ1) is 3.83. The van der Waals surface area contributed by atoms with Crippen LogP contribution >= 0.6 is 12.4 Å². The summed E-state index contributed by atoms with van der Waals surface area (Å²) in [6.45, 7) is 3.19. The fraction of sp³-hybridized carbons (Fsp3) is 0.833. The highest BCUT2D eigenvalue weighted by molar-refractivity contribution is 5.85. The molecule has 0 amide bonds. The third-order valence-corrected chi connectivity index (χ3v) is 1.67. The van der Waals surface area contributed by atoms with Crippen molar-refractivity contribution in [2.75, 3.05) is 6.54 Å². The normalized spacial score (nSPS) is 25.0. The van der Waals surface area contributed by atoms with Crippen molar-refractivity contribution in [3.63, 3.8) is 0 Å². The summed E-state index contributed by atoms with van der Waals surface area (Å²) in [5.41, 5.74) is 0. The maximum absolute atomic E-state index is 7.17. The van der Waals surface area contributed by atoms with Crippen molar-refractivity contribution in [2.24, 2.45) is 5.92 Å². The lowest BCUT2D eigenvalue weighted by molar-refractivity contribution is 0.568. The van der Waals surface area contributed by atoms with Gasteiger partial charge in [-0.1, -0.05) is 13.3 Å². The second-order valence-electron chi connectivity index (χ2n) is 2.34. The molecule has 1 aliphatic rings. The number of hydrogen-bond donors (Lipinski definition) is 2. The van der Waals surface area contributed by atoms with E-state index in [0.29, 0.717) is 0 Å². The van der Waals surface area contributed by atoms with E-state index in [2.05, 4.69) is 12.2 Å². The number of halogens is 1. The van der Waals surface area contributed by atoms with E-state index in [0.717, 1.165) is 24.7 Å². The molecule has 0 aromatic rings. The first-order valence-electron chi connectivity index (χ1n) is 3.14. The Bertz CT molecular complexity index is 103. The van der Waals surface area contributed by atoms with E-state index in [1.165, 1.54) is 6.42 Å². The minimum atomic E-state index is 0. The standard InChI is InChI=1S/C6H12N2.ClH/c1-2-5-3-6(7)8-4-5;/h5H,2-4H2,1H3,(H2,7,8);1H. The SMILES string of the molecule is CCC1CNC(=N)C1.Cl. The molecule has 1 aliphatic heterocycles. The topological polar surface area (TPSA) is 35.9 Å². The van der Waals surface area contributed by atoms with Crippen molar-refractivity contribution < 1.29 is 0 Å². The van der Waals surface area contributed by atoms with Crippen molar-refractivity contribution >= 4 is 18.2 Å². The van der Waals surface area contributed by atoms with Crippen molar-refractivity contribution in [2.45, 2.75) is 19.8 Å². The van der Waals surface area contributed by atoms with Crippen LogP contribution in [0.5, 0.6) is 0 Å². The largest absolute Gasteiger partial charge is 0.374 e. The van der Waals surface area contributed by atoms with Gasteiger partial charge in [-0.15, -0.1) is 12.4 Å². The second kappa shape index (κ2) is 3.72. The van der Waals surface area contributed by atoms with Gasteiger partial charge in [0.25, 0.3) is 0 Å². The molecule has 1 unspecified atom stereocenters.